The standard InChI is InChI=1S/C15H15ClF3N3/c1-2-3-12(21-14-9-20-8-13(16)22-14)10-4-6-11(7-5-10)15(17,18)19/h4-9,12H,2-3H2,1H3,(H,21,22). The molecule has 0 saturated heterocycles. The maximum Gasteiger partial charge on any atom is 0.416 e. The van der Waals surface area contributed by atoms with E-state index in [0.717, 1.165) is 30.5 Å². The second kappa shape index (κ2) is 6.96. The molecule has 2 aromatic rings. The van der Waals surface area contributed by atoms with E-state index in [1.807, 2.05) is 6.92 Å². The second-order valence-corrected chi connectivity index (χ2v) is 5.22. The highest BCUT2D eigenvalue weighted by Gasteiger charge is 2.30. The second-order valence-electron chi connectivity index (χ2n) is 4.83. The summed E-state index contributed by atoms with van der Waals surface area (Å²) >= 11 is 5.78. The Hall–Kier alpha value is -1.82. The summed E-state index contributed by atoms with van der Waals surface area (Å²) in [4.78, 5) is 8.02. The molecule has 0 bridgehead atoms. The van der Waals surface area contributed by atoms with Crippen molar-refractivity contribution in [3.63, 3.8) is 0 Å². The van der Waals surface area contributed by atoms with Gasteiger partial charge in [0.25, 0.3) is 0 Å². The number of nitrogens with one attached hydrogen (secondary N) is 1. The number of halogens is 4. The van der Waals surface area contributed by atoms with Gasteiger partial charge >= 0.3 is 6.18 Å². The van der Waals surface area contributed by atoms with Crippen molar-refractivity contribution in [1.82, 2.24) is 9.97 Å². The minimum atomic E-state index is -4.33. The Morgan fingerprint density at radius 1 is 1.18 bits per heavy atom. The first-order valence-corrected chi connectivity index (χ1v) is 7.19. The average Bonchev–Trinajstić information content (AvgIpc) is 2.46. The number of hydrogen-bond donors (Lipinski definition) is 1. The summed E-state index contributed by atoms with van der Waals surface area (Å²) < 4.78 is 37.8. The third-order valence-electron chi connectivity index (χ3n) is 3.14. The molecule has 0 aliphatic heterocycles. The normalized spacial score (nSPS) is 13.0. The van der Waals surface area contributed by atoms with Crippen LogP contribution in [0.5, 0.6) is 0 Å². The summed E-state index contributed by atoms with van der Waals surface area (Å²) in [5.41, 5.74) is 0.102. The molecule has 0 radical (unpaired) electrons. The van der Waals surface area contributed by atoms with Crippen molar-refractivity contribution in [1.29, 1.82) is 0 Å². The predicted octanol–water partition coefficient (Wildman–Crippen LogP) is 5.10. The fourth-order valence-electron chi connectivity index (χ4n) is 2.11. The van der Waals surface area contributed by atoms with Crippen molar-refractivity contribution < 1.29 is 13.2 Å². The maximum absolute atomic E-state index is 12.6. The number of rotatable bonds is 5. The lowest BCUT2D eigenvalue weighted by atomic mass is 10.0. The van der Waals surface area contributed by atoms with Crippen molar-refractivity contribution in [2.24, 2.45) is 0 Å². The minimum Gasteiger partial charge on any atom is -0.362 e. The van der Waals surface area contributed by atoms with Crippen LogP contribution in [-0.2, 0) is 6.18 Å². The molecular formula is C15H15ClF3N3. The summed E-state index contributed by atoms with van der Waals surface area (Å²) in [6.07, 6.45) is 0.231. The average molecular weight is 330 g/mol. The molecule has 0 saturated carbocycles. The Balaban J connectivity index is 2.20. The highest BCUT2D eigenvalue weighted by Crippen LogP contribution is 2.31. The molecular weight excluding hydrogens is 315 g/mol. The van der Waals surface area contributed by atoms with Crippen LogP contribution in [0.2, 0.25) is 5.15 Å². The van der Waals surface area contributed by atoms with E-state index in [0.29, 0.717) is 5.82 Å². The Bertz CT molecular complexity index is 614. The van der Waals surface area contributed by atoms with Crippen molar-refractivity contribution in [3.05, 3.63) is 52.9 Å². The Labute approximate surface area is 131 Å². The predicted molar refractivity (Wildman–Crippen MR) is 79.8 cm³/mol. The van der Waals surface area contributed by atoms with E-state index in [4.69, 9.17) is 11.6 Å². The molecule has 7 heteroatoms. The van der Waals surface area contributed by atoms with Gasteiger partial charge in [-0.1, -0.05) is 37.1 Å². The number of aromatic nitrogens is 2. The number of benzene rings is 1. The van der Waals surface area contributed by atoms with Gasteiger partial charge in [-0.15, -0.1) is 0 Å². The van der Waals surface area contributed by atoms with Crippen molar-refractivity contribution in [3.8, 4) is 0 Å². The van der Waals surface area contributed by atoms with Crippen LogP contribution in [0.25, 0.3) is 0 Å². The molecule has 0 amide bonds. The first kappa shape index (κ1) is 16.5. The fraction of sp³-hybridized carbons (Fsp3) is 0.333. The van der Waals surface area contributed by atoms with Gasteiger partial charge in [-0.3, -0.25) is 4.98 Å². The third-order valence-corrected chi connectivity index (χ3v) is 3.33. The number of anilines is 1. The Kier molecular flexibility index (Phi) is 5.24. The lowest BCUT2D eigenvalue weighted by molar-refractivity contribution is -0.137. The molecule has 1 N–H and O–H groups in total. The molecule has 22 heavy (non-hydrogen) atoms. The molecule has 0 fully saturated rings. The summed E-state index contributed by atoms with van der Waals surface area (Å²) in [6.45, 7) is 2.00. The van der Waals surface area contributed by atoms with Crippen molar-refractivity contribution >= 4 is 17.4 Å². The quantitative estimate of drug-likeness (QED) is 0.829. The van der Waals surface area contributed by atoms with Crippen LogP contribution >= 0.6 is 11.6 Å². The molecule has 0 spiro atoms. The van der Waals surface area contributed by atoms with Gasteiger partial charge in [0.2, 0.25) is 0 Å². The van der Waals surface area contributed by atoms with Crippen LogP contribution in [0.3, 0.4) is 0 Å². The smallest absolute Gasteiger partial charge is 0.362 e. The molecule has 1 heterocycles. The van der Waals surface area contributed by atoms with Gasteiger partial charge in [0, 0.05) is 0 Å². The summed E-state index contributed by atoms with van der Waals surface area (Å²) in [6, 6.07) is 4.98. The van der Waals surface area contributed by atoms with Gasteiger partial charge in [0.15, 0.2) is 0 Å². The molecule has 1 atom stereocenters. The molecule has 3 nitrogen and oxygen atoms in total. The largest absolute Gasteiger partial charge is 0.416 e. The van der Waals surface area contributed by atoms with E-state index in [1.54, 1.807) is 0 Å². The van der Waals surface area contributed by atoms with Crippen LogP contribution < -0.4 is 5.32 Å². The van der Waals surface area contributed by atoms with Gasteiger partial charge in [0.05, 0.1) is 24.0 Å². The van der Waals surface area contributed by atoms with Crippen LogP contribution in [-0.4, -0.2) is 9.97 Å². The molecule has 1 aromatic carbocycles. The summed E-state index contributed by atoms with van der Waals surface area (Å²) in [5.74, 6) is 0.492. The molecule has 0 aliphatic rings. The SMILES string of the molecule is CCCC(Nc1cncc(Cl)n1)c1ccc(C(F)(F)F)cc1. The van der Waals surface area contributed by atoms with Crippen molar-refractivity contribution in [2.45, 2.75) is 32.0 Å². The summed E-state index contributed by atoms with van der Waals surface area (Å²) in [7, 11) is 0. The first-order valence-electron chi connectivity index (χ1n) is 6.81. The lowest BCUT2D eigenvalue weighted by Gasteiger charge is -2.19. The lowest BCUT2D eigenvalue weighted by Crippen LogP contribution is -2.13. The fourth-order valence-corrected chi connectivity index (χ4v) is 2.25. The van der Waals surface area contributed by atoms with Crippen LogP contribution in [0.4, 0.5) is 19.0 Å². The molecule has 2 rings (SSSR count). The van der Waals surface area contributed by atoms with Crippen LogP contribution in [0, 0.1) is 0 Å². The first-order chi connectivity index (χ1) is 10.4. The maximum atomic E-state index is 12.6. The Morgan fingerprint density at radius 3 is 2.41 bits per heavy atom. The highest BCUT2D eigenvalue weighted by molar-refractivity contribution is 6.29. The zero-order valence-electron chi connectivity index (χ0n) is 11.9. The number of nitrogens with zero attached hydrogens (tertiary/aromatic N) is 2. The van der Waals surface area contributed by atoms with Crippen LogP contribution in [0.1, 0.15) is 36.9 Å². The molecule has 1 aromatic heterocycles. The third kappa shape index (κ3) is 4.34. The molecule has 118 valence electrons. The monoisotopic (exact) mass is 329 g/mol. The summed E-state index contributed by atoms with van der Waals surface area (Å²) in [5, 5.41) is 3.41. The van der Waals surface area contributed by atoms with E-state index in [1.165, 1.54) is 24.5 Å². The molecule has 1 unspecified atom stereocenters. The van der Waals surface area contributed by atoms with E-state index in [9.17, 15) is 13.2 Å². The van der Waals surface area contributed by atoms with Gasteiger partial charge in [-0.2, -0.15) is 13.2 Å². The van der Waals surface area contributed by atoms with Gasteiger partial charge in [-0.25, -0.2) is 4.98 Å². The highest BCUT2D eigenvalue weighted by atomic mass is 35.5. The number of hydrogen-bond acceptors (Lipinski definition) is 3. The zero-order valence-corrected chi connectivity index (χ0v) is 12.6. The van der Waals surface area contributed by atoms with Crippen LogP contribution in [0.15, 0.2) is 36.7 Å². The van der Waals surface area contributed by atoms with E-state index < -0.39 is 11.7 Å². The van der Waals surface area contributed by atoms with Gasteiger partial charge < -0.3 is 5.32 Å². The minimum absolute atomic E-state index is 0.153. The zero-order chi connectivity index (χ0) is 16.2. The Morgan fingerprint density at radius 2 is 1.86 bits per heavy atom. The van der Waals surface area contributed by atoms with Gasteiger partial charge in [-0.05, 0) is 24.1 Å². The number of alkyl halides is 3. The van der Waals surface area contributed by atoms with Gasteiger partial charge in [0.1, 0.15) is 11.0 Å². The topological polar surface area (TPSA) is 37.8 Å². The van der Waals surface area contributed by atoms with E-state index >= 15 is 0 Å². The van der Waals surface area contributed by atoms with Crippen molar-refractivity contribution in [2.75, 3.05) is 5.32 Å². The molecule has 0 aliphatic carbocycles. The van der Waals surface area contributed by atoms with E-state index in [2.05, 4.69) is 15.3 Å². The van der Waals surface area contributed by atoms with E-state index in [-0.39, 0.29) is 11.2 Å².